The molecule has 0 aliphatic heterocycles. The minimum Gasteiger partial charge on any atom is -0.726 e. The molecule has 0 aromatic carbocycles. The molecule has 208 valence electrons. The van der Waals surface area contributed by atoms with E-state index in [-0.39, 0.29) is 64.6 Å². The van der Waals surface area contributed by atoms with Crippen molar-refractivity contribution < 1.29 is 85.7 Å². The molecule has 8 nitrogen and oxygen atoms in total. The SMILES string of the molecule is CCCCCCCCCCCCOS(=O)(=O)O.CCCCCCCCCCCCOS(=O)(=O)[O-].[K+]. The van der Waals surface area contributed by atoms with E-state index in [9.17, 15) is 21.4 Å². The van der Waals surface area contributed by atoms with Gasteiger partial charge < -0.3 is 4.55 Å². The van der Waals surface area contributed by atoms with Crippen LogP contribution in [-0.4, -0.2) is 39.2 Å². The molecule has 11 heteroatoms. The van der Waals surface area contributed by atoms with Gasteiger partial charge in [-0.3, -0.25) is 8.74 Å². The van der Waals surface area contributed by atoms with E-state index in [0.29, 0.717) is 12.8 Å². The van der Waals surface area contributed by atoms with Crippen molar-refractivity contribution >= 4 is 20.8 Å². The minimum absolute atomic E-state index is 0. The molecule has 35 heavy (non-hydrogen) atoms. The van der Waals surface area contributed by atoms with Crippen LogP contribution in [0.5, 0.6) is 0 Å². The van der Waals surface area contributed by atoms with Gasteiger partial charge in [-0.25, -0.2) is 12.6 Å². The van der Waals surface area contributed by atoms with Gasteiger partial charge in [0, 0.05) is 0 Å². The zero-order valence-corrected chi connectivity index (χ0v) is 27.4. The van der Waals surface area contributed by atoms with Crippen LogP contribution in [0.4, 0.5) is 0 Å². The van der Waals surface area contributed by atoms with Crippen molar-refractivity contribution in [3.8, 4) is 0 Å². The molecule has 0 spiro atoms. The molecule has 0 saturated heterocycles. The second kappa shape index (κ2) is 29.9. The minimum atomic E-state index is -4.48. The fourth-order valence-electron chi connectivity index (χ4n) is 3.50. The Balaban J connectivity index is -0.000000569. The van der Waals surface area contributed by atoms with Crippen molar-refractivity contribution in [2.24, 2.45) is 0 Å². The number of rotatable bonds is 24. The molecular weight excluding hydrogens is 519 g/mol. The van der Waals surface area contributed by atoms with E-state index >= 15 is 0 Å². The van der Waals surface area contributed by atoms with Gasteiger partial charge in [-0.1, -0.05) is 129 Å². The Labute approximate surface area is 259 Å². The Morgan fingerprint density at radius 3 is 1.03 bits per heavy atom. The average Bonchev–Trinajstić information content (AvgIpc) is 2.75. The van der Waals surface area contributed by atoms with E-state index in [0.717, 1.165) is 25.7 Å². The fraction of sp³-hybridized carbons (Fsp3) is 1.00. The Bertz CT molecular complexity index is 559. The Hall–Kier alpha value is 1.38. The van der Waals surface area contributed by atoms with E-state index in [1.807, 2.05) is 0 Å². The summed E-state index contributed by atoms with van der Waals surface area (Å²) in [5.41, 5.74) is 0. The monoisotopic (exact) mass is 570 g/mol. The van der Waals surface area contributed by atoms with Crippen molar-refractivity contribution in [2.75, 3.05) is 13.2 Å². The van der Waals surface area contributed by atoms with Gasteiger partial charge in [-0.05, 0) is 12.8 Å². The van der Waals surface area contributed by atoms with Crippen LogP contribution in [0.3, 0.4) is 0 Å². The molecule has 0 amide bonds. The summed E-state index contributed by atoms with van der Waals surface area (Å²) in [6, 6.07) is 0. The second-order valence-electron chi connectivity index (χ2n) is 8.84. The summed E-state index contributed by atoms with van der Waals surface area (Å²) < 4.78 is 67.4. The first-order valence-corrected chi connectivity index (χ1v) is 16.0. The summed E-state index contributed by atoms with van der Waals surface area (Å²) in [6.45, 7) is 4.55. The molecule has 0 aromatic rings. The average molecular weight is 571 g/mol. The second-order valence-corrected chi connectivity index (χ2v) is 11.0. The molecule has 0 bridgehead atoms. The van der Waals surface area contributed by atoms with Crippen LogP contribution >= 0.6 is 0 Å². The first-order chi connectivity index (χ1) is 16.1. The van der Waals surface area contributed by atoms with Crippen LogP contribution in [0.15, 0.2) is 0 Å². The summed E-state index contributed by atoms with van der Waals surface area (Å²) in [7, 11) is -8.72. The molecule has 0 fully saturated rings. The number of hydrogen-bond donors (Lipinski definition) is 1. The Kier molecular flexibility index (Phi) is 34.9. The van der Waals surface area contributed by atoms with E-state index < -0.39 is 20.8 Å². The van der Waals surface area contributed by atoms with E-state index in [1.54, 1.807) is 0 Å². The van der Waals surface area contributed by atoms with Crippen molar-refractivity contribution in [1.82, 2.24) is 0 Å². The molecule has 0 atom stereocenters. The van der Waals surface area contributed by atoms with Gasteiger partial charge in [-0.2, -0.15) is 8.42 Å². The maximum Gasteiger partial charge on any atom is 1.00 e. The van der Waals surface area contributed by atoms with Gasteiger partial charge >= 0.3 is 61.8 Å². The molecule has 0 aromatic heterocycles. The summed E-state index contributed by atoms with van der Waals surface area (Å²) in [4.78, 5) is 0. The molecule has 0 aliphatic carbocycles. The standard InChI is InChI=1S/2C12H26O4S.K/c2*1-2-3-4-5-6-7-8-9-10-11-12-16-17(13,14)15;/h2*2-12H2,1H3,(H,13,14,15);/q;;+1/p-1. The topological polar surface area (TPSA) is 130 Å². The van der Waals surface area contributed by atoms with Gasteiger partial charge in [0.15, 0.2) is 0 Å². The first-order valence-electron chi connectivity index (χ1n) is 13.3. The maximum absolute atomic E-state index is 10.2. The van der Waals surface area contributed by atoms with Crippen molar-refractivity contribution in [2.45, 2.75) is 142 Å². The normalized spacial score (nSPS) is 11.5. The van der Waals surface area contributed by atoms with E-state index in [1.165, 1.54) is 89.9 Å². The van der Waals surface area contributed by atoms with E-state index in [2.05, 4.69) is 22.2 Å². The molecule has 0 aliphatic rings. The molecular formula is C24H51KO8S2. The van der Waals surface area contributed by atoms with Gasteiger partial charge in [0.1, 0.15) is 0 Å². The van der Waals surface area contributed by atoms with Crippen LogP contribution in [0, 0.1) is 0 Å². The predicted molar refractivity (Wildman–Crippen MR) is 137 cm³/mol. The number of hydrogen-bond acceptors (Lipinski definition) is 7. The summed E-state index contributed by atoms with van der Waals surface area (Å²) in [5, 5.41) is 0. The van der Waals surface area contributed by atoms with Crippen LogP contribution in [0.2, 0.25) is 0 Å². The molecule has 0 heterocycles. The van der Waals surface area contributed by atoms with Crippen LogP contribution < -0.4 is 51.4 Å². The van der Waals surface area contributed by atoms with Gasteiger partial charge in [0.25, 0.3) is 0 Å². The Morgan fingerprint density at radius 2 is 0.771 bits per heavy atom. The summed E-state index contributed by atoms with van der Waals surface area (Å²) >= 11 is 0. The third-order valence-electron chi connectivity index (χ3n) is 5.46. The summed E-state index contributed by atoms with van der Waals surface area (Å²) in [5.74, 6) is 0. The molecule has 0 unspecified atom stereocenters. The largest absolute Gasteiger partial charge is 1.00 e. The molecule has 0 rings (SSSR count). The van der Waals surface area contributed by atoms with Crippen LogP contribution in [0.25, 0.3) is 0 Å². The van der Waals surface area contributed by atoms with Crippen molar-refractivity contribution in [3.05, 3.63) is 0 Å². The smallest absolute Gasteiger partial charge is 0.726 e. The van der Waals surface area contributed by atoms with Crippen LogP contribution in [0.1, 0.15) is 142 Å². The van der Waals surface area contributed by atoms with Crippen molar-refractivity contribution in [3.63, 3.8) is 0 Å². The third-order valence-corrected chi connectivity index (χ3v) is 6.38. The number of unbranched alkanes of at least 4 members (excludes halogenated alkanes) is 18. The van der Waals surface area contributed by atoms with Gasteiger partial charge in [-0.15, -0.1) is 0 Å². The van der Waals surface area contributed by atoms with E-state index in [4.69, 9.17) is 4.55 Å². The zero-order chi connectivity index (χ0) is 26.0. The zero-order valence-electron chi connectivity index (χ0n) is 22.7. The fourth-order valence-corrected chi connectivity index (χ4v) is 4.15. The van der Waals surface area contributed by atoms with Crippen LogP contribution in [-0.2, 0) is 29.2 Å². The third kappa shape index (κ3) is 45.7. The first kappa shape index (κ1) is 40.9. The van der Waals surface area contributed by atoms with Crippen molar-refractivity contribution in [1.29, 1.82) is 0 Å². The maximum atomic E-state index is 10.2. The van der Waals surface area contributed by atoms with Gasteiger partial charge in [0.2, 0.25) is 10.4 Å². The Morgan fingerprint density at radius 1 is 0.514 bits per heavy atom. The van der Waals surface area contributed by atoms with Gasteiger partial charge in [0.05, 0.1) is 13.2 Å². The molecule has 0 saturated carbocycles. The summed E-state index contributed by atoms with van der Waals surface area (Å²) in [6.07, 6.45) is 23.6. The molecule has 0 radical (unpaired) electrons. The molecule has 1 N–H and O–H groups in total. The quantitative estimate of drug-likeness (QED) is 0.0794. The predicted octanol–water partition coefficient (Wildman–Crippen LogP) is 4.11.